The van der Waals surface area contributed by atoms with Crippen molar-refractivity contribution in [1.82, 2.24) is 0 Å². The summed E-state index contributed by atoms with van der Waals surface area (Å²) >= 11 is 0. The van der Waals surface area contributed by atoms with Gasteiger partial charge in [-0.15, -0.1) is 0 Å². The maximum Gasteiger partial charge on any atom is 0.127 e. The highest BCUT2D eigenvalue weighted by Crippen LogP contribution is 2.17. The van der Waals surface area contributed by atoms with Gasteiger partial charge in [0.25, 0.3) is 0 Å². The summed E-state index contributed by atoms with van der Waals surface area (Å²) in [6.45, 7) is 1.94. The van der Waals surface area contributed by atoms with Gasteiger partial charge in [0.05, 0.1) is 11.6 Å². The summed E-state index contributed by atoms with van der Waals surface area (Å²) in [7, 11) is 0. The number of nitriles is 1. The van der Waals surface area contributed by atoms with Crippen molar-refractivity contribution < 1.29 is 8.78 Å². The standard InChI is InChI=1S/C20H19F2N/c1-2-4-18(21)13-16-9-7-15(8-10-16)11-12-19-17(14-23)5-3-6-20(19)22/h3,5-10,13H,2,4,11-12H2,1H3/b18-13+. The molecule has 0 saturated heterocycles. The summed E-state index contributed by atoms with van der Waals surface area (Å²) in [5, 5.41) is 9.05. The van der Waals surface area contributed by atoms with Crippen LogP contribution in [0.2, 0.25) is 0 Å². The van der Waals surface area contributed by atoms with Crippen molar-refractivity contribution in [2.75, 3.05) is 0 Å². The lowest BCUT2D eigenvalue weighted by molar-refractivity contribution is 0.591. The maximum absolute atomic E-state index is 13.8. The van der Waals surface area contributed by atoms with Gasteiger partial charge >= 0.3 is 0 Å². The van der Waals surface area contributed by atoms with Gasteiger partial charge in [-0.3, -0.25) is 0 Å². The number of benzene rings is 2. The molecule has 2 aromatic carbocycles. The van der Waals surface area contributed by atoms with Gasteiger partial charge in [-0.1, -0.05) is 37.3 Å². The number of hydrogen-bond acceptors (Lipinski definition) is 1. The van der Waals surface area contributed by atoms with E-state index in [1.807, 2.05) is 37.3 Å². The van der Waals surface area contributed by atoms with Gasteiger partial charge in [0, 0.05) is 5.56 Å². The van der Waals surface area contributed by atoms with Gasteiger partial charge in [-0.05, 0) is 55.0 Å². The molecule has 0 aliphatic rings. The molecule has 23 heavy (non-hydrogen) atoms. The van der Waals surface area contributed by atoms with Crippen LogP contribution in [0.1, 0.15) is 42.0 Å². The molecule has 0 atom stereocenters. The van der Waals surface area contributed by atoms with Crippen LogP contribution in [0, 0.1) is 17.1 Å². The minimum absolute atomic E-state index is 0.120. The van der Waals surface area contributed by atoms with E-state index in [1.165, 1.54) is 12.1 Å². The lowest BCUT2D eigenvalue weighted by atomic mass is 9.99. The van der Waals surface area contributed by atoms with Crippen LogP contribution in [0.15, 0.2) is 48.3 Å². The maximum atomic E-state index is 13.8. The molecule has 0 heterocycles. The number of rotatable bonds is 6. The summed E-state index contributed by atoms with van der Waals surface area (Å²) in [5.41, 5.74) is 2.69. The Morgan fingerprint density at radius 3 is 2.52 bits per heavy atom. The molecule has 3 heteroatoms. The Labute approximate surface area is 135 Å². The Hall–Kier alpha value is -2.47. The topological polar surface area (TPSA) is 23.8 Å². The summed E-state index contributed by atoms with van der Waals surface area (Å²) in [5.74, 6) is -0.462. The van der Waals surface area contributed by atoms with Crippen LogP contribution < -0.4 is 0 Å². The van der Waals surface area contributed by atoms with Crippen molar-refractivity contribution in [3.05, 3.63) is 76.4 Å². The first kappa shape index (κ1) is 16.9. The van der Waals surface area contributed by atoms with Crippen LogP contribution in [0.4, 0.5) is 8.78 Å². The Balaban J connectivity index is 2.05. The SMILES string of the molecule is CCC/C(F)=C\c1ccc(CCc2c(F)cccc2C#N)cc1. The fourth-order valence-corrected chi connectivity index (χ4v) is 2.46. The number of hydrogen-bond donors (Lipinski definition) is 0. The van der Waals surface area contributed by atoms with Gasteiger partial charge in [0.1, 0.15) is 11.6 Å². The first-order valence-corrected chi connectivity index (χ1v) is 7.76. The first-order valence-electron chi connectivity index (χ1n) is 7.76. The molecular formula is C20H19F2N. The Morgan fingerprint density at radius 2 is 1.87 bits per heavy atom. The molecule has 0 amide bonds. The van der Waals surface area contributed by atoms with Crippen LogP contribution in [0.5, 0.6) is 0 Å². The molecule has 2 aromatic rings. The zero-order valence-corrected chi connectivity index (χ0v) is 13.2. The second-order valence-electron chi connectivity index (χ2n) is 5.46. The molecule has 0 radical (unpaired) electrons. The van der Waals surface area contributed by atoms with E-state index in [-0.39, 0.29) is 11.6 Å². The predicted molar refractivity (Wildman–Crippen MR) is 89.0 cm³/mol. The molecule has 0 N–H and O–H groups in total. The number of halogens is 2. The zero-order valence-electron chi connectivity index (χ0n) is 13.2. The van der Waals surface area contributed by atoms with Crippen molar-refractivity contribution in [1.29, 1.82) is 5.26 Å². The smallest absolute Gasteiger partial charge is 0.127 e. The summed E-state index contributed by atoms with van der Waals surface area (Å²) in [6, 6.07) is 14.1. The molecule has 0 unspecified atom stereocenters. The van der Waals surface area contributed by atoms with E-state index in [4.69, 9.17) is 5.26 Å². The van der Waals surface area contributed by atoms with Crippen molar-refractivity contribution in [3.63, 3.8) is 0 Å². The Morgan fingerprint density at radius 1 is 1.13 bits per heavy atom. The molecule has 0 saturated carbocycles. The highest BCUT2D eigenvalue weighted by Gasteiger charge is 2.08. The molecule has 1 nitrogen and oxygen atoms in total. The zero-order chi connectivity index (χ0) is 16.7. The third-order valence-corrected chi connectivity index (χ3v) is 3.69. The molecule has 0 fully saturated rings. The van der Waals surface area contributed by atoms with E-state index in [9.17, 15) is 8.78 Å². The van der Waals surface area contributed by atoms with Crippen LogP contribution in [0.25, 0.3) is 6.08 Å². The monoisotopic (exact) mass is 311 g/mol. The number of nitrogens with zero attached hydrogens (tertiary/aromatic N) is 1. The average molecular weight is 311 g/mol. The third-order valence-electron chi connectivity index (χ3n) is 3.69. The highest BCUT2D eigenvalue weighted by molar-refractivity contribution is 5.51. The first-order chi connectivity index (χ1) is 11.1. The fraction of sp³-hybridized carbons (Fsp3) is 0.250. The lowest BCUT2D eigenvalue weighted by Crippen LogP contribution is -1.98. The van der Waals surface area contributed by atoms with Crippen LogP contribution in [-0.4, -0.2) is 0 Å². The van der Waals surface area contributed by atoms with Gasteiger partial charge in [0.2, 0.25) is 0 Å². The van der Waals surface area contributed by atoms with E-state index in [0.29, 0.717) is 30.4 Å². The highest BCUT2D eigenvalue weighted by atomic mass is 19.1. The van der Waals surface area contributed by atoms with E-state index >= 15 is 0 Å². The van der Waals surface area contributed by atoms with Crippen LogP contribution in [0.3, 0.4) is 0 Å². The van der Waals surface area contributed by atoms with Gasteiger partial charge in [-0.25, -0.2) is 8.78 Å². The lowest BCUT2D eigenvalue weighted by Gasteiger charge is -2.06. The van der Waals surface area contributed by atoms with Gasteiger partial charge in [0.15, 0.2) is 0 Å². The van der Waals surface area contributed by atoms with E-state index in [2.05, 4.69) is 0 Å². The van der Waals surface area contributed by atoms with E-state index < -0.39 is 0 Å². The van der Waals surface area contributed by atoms with Crippen molar-refractivity contribution in [3.8, 4) is 6.07 Å². The Kier molecular flexibility index (Phi) is 6.05. The molecule has 0 aliphatic carbocycles. The van der Waals surface area contributed by atoms with Crippen LogP contribution >= 0.6 is 0 Å². The second-order valence-corrected chi connectivity index (χ2v) is 5.46. The van der Waals surface area contributed by atoms with Crippen molar-refractivity contribution >= 4 is 6.08 Å². The largest absolute Gasteiger partial charge is 0.212 e. The minimum Gasteiger partial charge on any atom is -0.212 e. The number of allylic oxidation sites excluding steroid dienone is 1. The van der Waals surface area contributed by atoms with E-state index in [0.717, 1.165) is 17.5 Å². The van der Waals surface area contributed by atoms with E-state index in [1.54, 1.807) is 12.1 Å². The third kappa shape index (κ3) is 4.75. The molecule has 2 rings (SSSR count). The number of aryl methyl sites for hydroxylation is 1. The molecular weight excluding hydrogens is 292 g/mol. The summed E-state index contributed by atoms with van der Waals surface area (Å²) in [6.07, 6.45) is 3.88. The minimum atomic E-state index is -0.342. The van der Waals surface area contributed by atoms with Gasteiger partial charge in [-0.2, -0.15) is 5.26 Å². The Bertz CT molecular complexity index is 724. The normalized spacial score (nSPS) is 11.3. The van der Waals surface area contributed by atoms with Gasteiger partial charge < -0.3 is 0 Å². The van der Waals surface area contributed by atoms with Crippen LogP contribution in [-0.2, 0) is 12.8 Å². The fourth-order valence-electron chi connectivity index (χ4n) is 2.46. The molecule has 118 valence electrons. The molecule has 0 spiro atoms. The molecule has 0 aromatic heterocycles. The predicted octanol–water partition coefficient (Wildman–Crippen LogP) is 5.59. The summed E-state index contributed by atoms with van der Waals surface area (Å²) < 4.78 is 27.3. The average Bonchev–Trinajstić information content (AvgIpc) is 2.55. The molecule has 0 bridgehead atoms. The summed E-state index contributed by atoms with van der Waals surface area (Å²) in [4.78, 5) is 0. The van der Waals surface area contributed by atoms with Crippen molar-refractivity contribution in [2.24, 2.45) is 0 Å². The quantitative estimate of drug-likeness (QED) is 0.682. The molecule has 0 aliphatic heterocycles. The second kappa shape index (κ2) is 8.24. The van der Waals surface area contributed by atoms with Crippen molar-refractivity contribution in [2.45, 2.75) is 32.6 Å².